The summed E-state index contributed by atoms with van der Waals surface area (Å²) in [6, 6.07) is 11.7. The lowest BCUT2D eigenvalue weighted by Gasteiger charge is -2.05. The molecule has 0 bridgehead atoms. The first-order valence-electron chi connectivity index (χ1n) is 7.73. The number of ether oxygens (including phenoxy) is 1. The molecule has 122 valence electrons. The van der Waals surface area contributed by atoms with Crippen molar-refractivity contribution in [2.45, 2.75) is 13.8 Å². The van der Waals surface area contributed by atoms with Crippen LogP contribution in [0.3, 0.4) is 0 Å². The van der Waals surface area contributed by atoms with Crippen LogP contribution in [-0.4, -0.2) is 12.4 Å². The summed E-state index contributed by atoms with van der Waals surface area (Å²) in [7, 11) is 0. The van der Waals surface area contributed by atoms with Gasteiger partial charge in [0, 0.05) is 16.5 Å². The van der Waals surface area contributed by atoms with Gasteiger partial charge in [0.15, 0.2) is 5.76 Å². The third kappa shape index (κ3) is 3.08. The number of allylic oxidation sites excluding steroid dienone is 1. The van der Waals surface area contributed by atoms with E-state index < -0.39 is 0 Å². The summed E-state index contributed by atoms with van der Waals surface area (Å²) in [6.45, 7) is 4.20. The van der Waals surface area contributed by atoms with Crippen LogP contribution in [0.4, 0.5) is 4.39 Å². The minimum atomic E-state index is -0.355. The lowest BCUT2D eigenvalue weighted by molar-refractivity contribution is 0.102. The van der Waals surface area contributed by atoms with Gasteiger partial charge in [-0.3, -0.25) is 4.79 Å². The van der Waals surface area contributed by atoms with E-state index in [0.717, 1.165) is 5.56 Å². The monoisotopic (exact) mass is 324 g/mol. The molecule has 0 aliphatic heterocycles. The number of aryl methyl sites for hydroxylation is 1. The Morgan fingerprint density at radius 2 is 2.04 bits per heavy atom. The first-order valence-corrected chi connectivity index (χ1v) is 7.73. The van der Waals surface area contributed by atoms with Gasteiger partial charge in [-0.2, -0.15) is 0 Å². The second-order valence-electron chi connectivity index (χ2n) is 5.37. The summed E-state index contributed by atoms with van der Waals surface area (Å²) in [5, 5.41) is 0.612. The van der Waals surface area contributed by atoms with E-state index >= 15 is 0 Å². The topological polar surface area (TPSA) is 39.4 Å². The number of para-hydroxylation sites is 1. The lowest BCUT2D eigenvalue weighted by atomic mass is 10.1. The van der Waals surface area contributed by atoms with E-state index in [0.29, 0.717) is 28.9 Å². The van der Waals surface area contributed by atoms with Crippen molar-refractivity contribution in [3.63, 3.8) is 0 Å². The zero-order chi connectivity index (χ0) is 17.1. The molecule has 0 saturated heterocycles. The molecule has 0 unspecified atom stereocenters. The predicted octanol–water partition coefficient (Wildman–Crippen LogP) is 5.18. The van der Waals surface area contributed by atoms with E-state index in [-0.39, 0.29) is 17.4 Å². The van der Waals surface area contributed by atoms with Crippen LogP contribution in [-0.2, 0) is 0 Å². The number of benzene rings is 2. The molecule has 4 heteroatoms. The van der Waals surface area contributed by atoms with Crippen molar-refractivity contribution in [1.29, 1.82) is 0 Å². The van der Waals surface area contributed by atoms with Gasteiger partial charge in [0.2, 0.25) is 5.78 Å². The van der Waals surface area contributed by atoms with Crippen LogP contribution in [0.5, 0.6) is 5.75 Å². The van der Waals surface area contributed by atoms with E-state index in [2.05, 4.69) is 0 Å². The molecule has 1 aromatic heterocycles. The molecule has 2 aromatic carbocycles. The maximum Gasteiger partial charge on any atom is 0.221 e. The van der Waals surface area contributed by atoms with Crippen molar-refractivity contribution in [3.05, 3.63) is 71.2 Å². The first-order chi connectivity index (χ1) is 11.6. The molecular formula is C20H17FO3. The summed E-state index contributed by atoms with van der Waals surface area (Å²) in [6.07, 6.45) is 3.14. The molecule has 0 radical (unpaired) electrons. The standard InChI is InChI=1S/C20H17FO3/c1-3-23-18-7-5-4-6-14(18)8-10-17(22)20-13(2)16-12-15(21)9-11-19(16)24-20/h4-12H,3H2,1-2H3/b10-8-. The Balaban J connectivity index is 1.92. The number of rotatable bonds is 5. The molecule has 0 saturated carbocycles. The Morgan fingerprint density at radius 3 is 2.83 bits per heavy atom. The van der Waals surface area contributed by atoms with E-state index in [1.165, 1.54) is 24.3 Å². The molecule has 0 amide bonds. The van der Waals surface area contributed by atoms with E-state index in [1.54, 1.807) is 13.0 Å². The van der Waals surface area contributed by atoms with Crippen molar-refractivity contribution >= 4 is 22.8 Å². The van der Waals surface area contributed by atoms with Crippen molar-refractivity contribution in [3.8, 4) is 5.75 Å². The van der Waals surface area contributed by atoms with Crippen molar-refractivity contribution < 1.29 is 18.3 Å². The van der Waals surface area contributed by atoms with Crippen LogP contribution in [0.2, 0.25) is 0 Å². The highest BCUT2D eigenvalue weighted by Gasteiger charge is 2.16. The number of furan rings is 1. The summed E-state index contributed by atoms with van der Waals surface area (Å²) < 4.78 is 24.5. The van der Waals surface area contributed by atoms with Gasteiger partial charge in [0.25, 0.3) is 0 Å². The van der Waals surface area contributed by atoms with Gasteiger partial charge in [-0.15, -0.1) is 0 Å². The highest BCUT2D eigenvalue weighted by molar-refractivity contribution is 6.08. The van der Waals surface area contributed by atoms with Gasteiger partial charge in [-0.25, -0.2) is 4.39 Å². The fraction of sp³-hybridized carbons (Fsp3) is 0.150. The number of ketones is 1. The SMILES string of the molecule is CCOc1ccccc1/C=C\C(=O)c1oc2ccc(F)cc2c1C. The summed E-state index contributed by atoms with van der Waals surface area (Å²) in [5.41, 5.74) is 1.95. The lowest BCUT2D eigenvalue weighted by Crippen LogP contribution is -1.96. The van der Waals surface area contributed by atoms with Gasteiger partial charge in [-0.05, 0) is 50.3 Å². The van der Waals surface area contributed by atoms with Gasteiger partial charge in [0.1, 0.15) is 17.1 Å². The van der Waals surface area contributed by atoms with Crippen LogP contribution in [0.25, 0.3) is 17.0 Å². The third-order valence-corrected chi connectivity index (χ3v) is 3.76. The first kappa shape index (κ1) is 16.0. The minimum absolute atomic E-state index is 0.223. The number of fused-ring (bicyclic) bond motifs is 1. The Bertz CT molecular complexity index is 922. The number of hydrogen-bond acceptors (Lipinski definition) is 3. The molecular weight excluding hydrogens is 307 g/mol. The van der Waals surface area contributed by atoms with E-state index in [1.807, 2.05) is 31.2 Å². The van der Waals surface area contributed by atoms with Crippen LogP contribution >= 0.6 is 0 Å². The van der Waals surface area contributed by atoms with Crippen LogP contribution in [0, 0.1) is 12.7 Å². The average molecular weight is 324 g/mol. The van der Waals surface area contributed by atoms with Crippen LogP contribution < -0.4 is 4.74 Å². The molecule has 1 heterocycles. The average Bonchev–Trinajstić information content (AvgIpc) is 2.91. The Kier molecular flexibility index (Phi) is 4.47. The largest absolute Gasteiger partial charge is 0.493 e. The smallest absolute Gasteiger partial charge is 0.221 e. The van der Waals surface area contributed by atoms with Gasteiger partial charge in [0.05, 0.1) is 6.61 Å². The van der Waals surface area contributed by atoms with Gasteiger partial charge in [-0.1, -0.05) is 18.2 Å². The molecule has 24 heavy (non-hydrogen) atoms. The second-order valence-corrected chi connectivity index (χ2v) is 5.37. The highest BCUT2D eigenvalue weighted by atomic mass is 19.1. The van der Waals surface area contributed by atoms with Gasteiger partial charge >= 0.3 is 0 Å². The second kappa shape index (κ2) is 6.71. The zero-order valence-electron chi connectivity index (χ0n) is 13.5. The van der Waals surface area contributed by atoms with E-state index in [9.17, 15) is 9.18 Å². The van der Waals surface area contributed by atoms with Crippen LogP contribution in [0.15, 0.2) is 53.0 Å². The van der Waals surface area contributed by atoms with Gasteiger partial charge < -0.3 is 9.15 Å². The minimum Gasteiger partial charge on any atom is -0.493 e. The molecule has 0 N–H and O–H groups in total. The zero-order valence-corrected chi connectivity index (χ0v) is 13.5. The predicted molar refractivity (Wildman–Crippen MR) is 91.9 cm³/mol. The molecule has 3 aromatic rings. The number of hydrogen-bond donors (Lipinski definition) is 0. The number of halogens is 1. The molecule has 0 spiro atoms. The quantitative estimate of drug-likeness (QED) is 0.480. The Morgan fingerprint density at radius 1 is 1.25 bits per heavy atom. The highest BCUT2D eigenvalue weighted by Crippen LogP contribution is 2.27. The van der Waals surface area contributed by atoms with Crippen molar-refractivity contribution in [2.24, 2.45) is 0 Å². The summed E-state index contributed by atoms with van der Waals surface area (Å²) >= 11 is 0. The maximum absolute atomic E-state index is 13.4. The maximum atomic E-state index is 13.4. The fourth-order valence-electron chi connectivity index (χ4n) is 2.57. The number of carbonyl (C=O) groups excluding carboxylic acids is 1. The van der Waals surface area contributed by atoms with Crippen molar-refractivity contribution in [1.82, 2.24) is 0 Å². The molecule has 0 fully saturated rings. The third-order valence-electron chi connectivity index (χ3n) is 3.76. The van der Waals surface area contributed by atoms with E-state index in [4.69, 9.17) is 9.15 Å². The summed E-state index contributed by atoms with van der Waals surface area (Å²) in [4.78, 5) is 12.4. The molecule has 0 atom stereocenters. The fourth-order valence-corrected chi connectivity index (χ4v) is 2.57. The molecule has 3 nitrogen and oxygen atoms in total. The Hall–Kier alpha value is -2.88. The Labute approximate surface area is 139 Å². The number of carbonyl (C=O) groups is 1. The molecule has 0 aliphatic carbocycles. The molecule has 3 rings (SSSR count). The molecule has 0 aliphatic rings. The summed E-state index contributed by atoms with van der Waals surface area (Å²) in [5.74, 6) is 0.315. The van der Waals surface area contributed by atoms with Crippen molar-refractivity contribution in [2.75, 3.05) is 6.61 Å². The van der Waals surface area contributed by atoms with Crippen LogP contribution in [0.1, 0.15) is 28.6 Å². The normalized spacial score (nSPS) is 11.3.